The van der Waals surface area contributed by atoms with Crippen LogP contribution in [0.5, 0.6) is 0 Å². The zero-order chi connectivity index (χ0) is 12.6. The van der Waals surface area contributed by atoms with E-state index in [1.807, 2.05) is 0 Å². The zero-order valence-corrected chi connectivity index (χ0v) is 11.5. The van der Waals surface area contributed by atoms with Gasteiger partial charge in [-0.15, -0.1) is 0 Å². The number of hydrogen-bond acceptors (Lipinski definition) is 5. The number of halogens is 1. The summed E-state index contributed by atoms with van der Waals surface area (Å²) in [6, 6.07) is 0. The van der Waals surface area contributed by atoms with Crippen LogP contribution >= 0.6 is 22.9 Å². The normalized spacial score (nSPS) is 13.1. The molecule has 0 aliphatic rings. The van der Waals surface area contributed by atoms with Crippen LogP contribution in [0.1, 0.15) is 19.5 Å². The third kappa shape index (κ3) is 3.67. The number of nitrogens with one attached hydrogen (secondary N) is 1. The Hall–Kier alpha value is -0.210. The summed E-state index contributed by atoms with van der Waals surface area (Å²) in [4.78, 5) is 3.82. The largest absolute Gasteiger partial charge is 0.389 e. The van der Waals surface area contributed by atoms with E-state index in [9.17, 15) is 13.5 Å². The molecule has 0 saturated carbocycles. The molecule has 0 aliphatic heterocycles. The molecule has 0 saturated heterocycles. The predicted octanol–water partition coefficient (Wildman–Crippen LogP) is 1.15. The van der Waals surface area contributed by atoms with E-state index < -0.39 is 15.6 Å². The number of aliphatic hydroxyl groups is 1. The Morgan fingerprint density at radius 3 is 2.50 bits per heavy atom. The van der Waals surface area contributed by atoms with Crippen LogP contribution in [-0.4, -0.2) is 30.7 Å². The maximum atomic E-state index is 11.8. The Morgan fingerprint density at radius 1 is 1.56 bits per heavy atom. The van der Waals surface area contributed by atoms with Crippen molar-refractivity contribution in [2.24, 2.45) is 0 Å². The van der Waals surface area contributed by atoms with E-state index in [0.29, 0.717) is 5.69 Å². The third-order valence-electron chi connectivity index (χ3n) is 1.67. The van der Waals surface area contributed by atoms with Gasteiger partial charge in [0.1, 0.15) is 0 Å². The summed E-state index contributed by atoms with van der Waals surface area (Å²) in [7, 11) is -3.64. The third-order valence-corrected chi connectivity index (χ3v) is 4.94. The minimum absolute atomic E-state index is 0.0652. The van der Waals surface area contributed by atoms with Crippen LogP contribution in [0.3, 0.4) is 0 Å². The van der Waals surface area contributed by atoms with E-state index in [0.717, 1.165) is 11.3 Å². The highest BCUT2D eigenvalue weighted by atomic mass is 35.5. The maximum absolute atomic E-state index is 11.8. The van der Waals surface area contributed by atoms with Crippen LogP contribution < -0.4 is 4.72 Å². The molecule has 0 bridgehead atoms. The molecule has 0 spiro atoms. The smallest absolute Gasteiger partial charge is 0.252 e. The Labute approximate surface area is 104 Å². The molecular formula is C8H13ClN2O3S2. The number of sulfonamides is 1. The van der Waals surface area contributed by atoms with Gasteiger partial charge in [-0.1, -0.05) is 22.9 Å². The van der Waals surface area contributed by atoms with Crippen molar-refractivity contribution in [2.75, 3.05) is 6.54 Å². The first kappa shape index (κ1) is 13.9. The van der Waals surface area contributed by atoms with Gasteiger partial charge in [0.2, 0.25) is 0 Å². The summed E-state index contributed by atoms with van der Waals surface area (Å²) in [5.74, 6) is 0. The van der Waals surface area contributed by atoms with Gasteiger partial charge in [-0.2, -0.15) is 0 Å². The van der Waals surface area contributed by atoms with Crippen molar-refractivity contribution in [1.82, 2.24) is 9.71 Å². The first-order chi connectivity index (χ1) is 7.12. The molecule has 1 rings (SSSR count). The van der Waals surface area contributed by atoms with Gasteiger partial charge in [0, 0.05) is 6.54 Å². The second-order valence-corrected chi connectivity index (χ2v) is 7.52. The van der Waals surface area contributed by atoms with Crippen LogP contribution in [0.15, 0.2) is 4.21 Å². The fourth-order valence-electron chi connectivity index (χ4n) is 0.937. The first-order valence-electron chi connectivity index (χ1n) is 4.47. The number of thiazole rings is 1. The maximum Gasteiger partial charge on any atom is 0.252 e. The summed E-state index contributed by atoms with van der Waals surface area (Å²) in [5.41, 5.74) is -0.742. The van der Waals surface area contributed by atoms with Crippen LogP contribution in [-0.2, 0) is 10.0 Å². The van der Waals surface area contributed by atoms with Gasteiger partial charge in [-0.05, 0) is 20.8 Å². The molecule has 0 aromatic carbocycles. The fourth-order valence-corrected chi connectivity index (χ4v) is 3.92. The quantitative estimate of drug-likeness (QED) is 0.869. The zero-order valence-electron chi connectivity index (χ0n) is 9.11. The van der Waals surface area contributed by atoms with Gasteiger partial charge in [-0.3, -0.25) is 0 Å². The van der Waals surface area contributed by atoms with Crippen molar-refractivity contribution in [2.45, 2.75) is 30.6 Å². The Kier molecular flexibility index (Phi) is 3.96. The SMILES string of the molecule is Cc1nc(Cl)sc1S(=O)(=O)NCC(C)(C)O. The van der Waals surface area contributed by atoms with E-state index in [2.05, 4.69) is 9.71 Å². The molecule has 5 nitrogen and oxygen atoms in total. The molecule has 16 heavy (non-hydrogen) atoms. The summed E-state index contributed by atoms with van der Waals surface area (Å²) in [6.07, 6.45) is 0. The molecule has 1 aromatic heterocycles. The number of rotatable bonds is 4. The lowest BCUT2D eigenvalue weighted by atomic mass is 10.1. The number of aromatic nitrogens is 1. The molecule has 1 aromatic rings. The van der Waals surface area contributed by atoms with E-state index in [4.69, 9.17) is 11.6 Å². The van der Waals surface area contributed by atoms with E-state index in [1.54, 1.807) is 6.92 Å². The molecule has 0 unspecified atom stereocenters. The molecule has 0 atom stereocenters. The van der Waals surface area contributed by atoms with Crippen LogP contribution in [0.2, 0.25) is 4.47 Å². The van der Waals surface area contributed by atoms with Crippen molar-refractivity contribution in [3.05, 3.63) is 10.2 Å². The highest BCUT2D eigenvalue weighted by molar-refractivity contribution is 7.91. The average Bonchev–Trinajstić information content (AvgIpc) is 2.42. The van der Waals surface area contributed by atoms with Crippen LogP contribution in [0, 0.1) is 6.92 Å². The van der Waals surface area contributed by atoms with Gasteiger partial charge in [0.15, 0.2) is 8.68 Å². The Balaban J connectivity index is 2.91. The molecule has 0 fully saturated rings. The second kappa shape index (κ2) is 4.58. The predicted molar refractivity (Wildman–Crippen MR) is 63.3 cm³/mol. The molecule has 0 amide bonds. The summed E-state index contributed by atoms with van der Waals surface area (Å²) in [6.45, 7) is 4.54. The molecular weight excluding hydrogens is 272 g/mol. The minimum atomic E-state index is -3.64. The van der Waals surface area contributed by atoms with Gasteiger partial charge < -0.3 is 5.11 Å². The monoisotopic (exact) mass is 284 g/mol. The summed E-state index contributed by atoms with van der Waals surface area (Å²) in [5, 5.41) is 9.44. The fraction of sp³-hybridized carbons (Fsp3) is 0.625. The standard InChI is InChI=1S/C8H13ClN2O3S2/c1-5-6(15-7(9)11-5)16(13,14)10-4-8(2,3)12/h10,12H,4H2,1-3H3. The molecule has 8 heteroatoms. The number of aryl methyl sites for hydroxylation is 1. The average molecular weight is 285 g/mol. The molecule has 0 radical (unpaired) electrons. The van der Waals surface area contributed by atoms with Crippen molar-refractivity contribution in [1.29, 1.82) is 0 Å². The first-order valence-corrected chi connectivity index (χ1v) is 7.14. The van der Waals surface area contributed by atoms with Crippen LogP contribution in [0.25, 0.3) is 0 Å². The lowest BCUT2D eigenvalue weighted by Crippen LogP contribution is -2.38. The van der Waals surface area contributed by atoms with Gasteiger partial charge in [0.05, 0.1) is 11.3 Å². The lowest BCUT2D eigenvalue weighted by Gasteiger charge is -2.17. The lowest BCUT2D eigenvalue weighted by molar-refractivity contribution is 0.0857. The van der Waals surface area contributed by atoms with Gasteiger partial charge in [0.25, 0.3) is 10.0 Å². The van der Waals surface area contributed by atoms with E-state index >= 15 is 0 Å². The molecule has 2 N–H and O–H groups in total. The topological polar surface area (TPSA) is 79.3 Å². The van der Waals surface area contributed by atoms with Crippen molar-refractivity contribution >= 4 is 33.0 Å². The number of nitrogens with zero attached hydrogens (tertiary/aromatic N) is 1. The van der Waals surface area contributed by atoms with Crippen molar-refractivity contribution in [3.8, 4) is 0 Å². The molecule has 0 aliphatic carbocycles. The highest BCUT2D eigenvalue weighted by Gasteiger charge is 2.24. The van der Waals surface area contributed by atoms with E-state index in [-0.39, 0.29) is 15.2 Å². The molecule has 92 valence electrons. The second-order valence-electron chi connectivity index (χ2n) is 3.98. The Bertz CT molecular complexity index is 476. The summed E-state index contributed by atoms with van der Waals surface area (Å²) >= 11 is 6.52. The van der Waals surface area contributed by atoms with E-state index in [1.165, 1.54) is 13.8 Å². The van der Waals surface area contributed by atoms with Crippen molar-refractivity contribution < 1.29 is 13.5 Å². The molecule has 1 heterocycles. The minimum Gasteiger partial charge on any atom is -0.389 e. The Morgan fingerprint density at radius 2 is 2.12 bits per heavy atom. The highest BCUT2D eigenvalue weighted by Crippen LogP contribution is 2.26. The van der Waals surface area contributed by atoms with Gasteiger partial charge in [-0.25, -0.2) is 18.1 Å². The van der Waals surface area contributed by atoms with Crippen molar-refractivity contribution in [3.63, 3.8) is 0 Å². The van der Waals surface area contributed by atoms with Gasteiger partial charge >= 0.3 is 0 Å². The number of hydrogen-bond donors (Lipinski definition) is 2. The summed E-state index contributed by atoms with van der Waals surface area (Å²) < 4.78 is 26.2. The van der Waals surface area contributed by atoms with Crippen LogP contribution in [0.4, 0.5) is 0 Å².